The van der Waals surface area contributed by atoms with Crippen LogP contribution in [0.5, 0.6) is 0 Å². The lowest BCUT2D eigenvalue weighted by Gasteiger charge is -1.95. The third-order valence-corrected chi connectivity index (χ3v) is 2.42. The Morgan fingerprint density at radius 2 is 1.36 bits per heavy atom. The molecule has 0 aliphatic carbocycles. The molecular weight excluding hydrogens is 168 g/mol. The molecule has 0 spiro atoms. The molecule has 0 aromatic heterocycles. The van der Waals surface area contributed by atoms with Gasteiger partial charge in [-0.1, -0.05) is 44.4 Å². The molecule has 0 bridgehead atoms. The van der Waals surface area contributed by atoms with Crippen molar-refractivity contribution in [2.75, 3.05) is 0 Å². The van der Waals surface area contributed by atoms with Crippen LogP contribution in [-0.2, 0) is 0 Å². The maximum absolute atomic E-state index is 3.72. The number of hydrogen-bond acceptors (Lipinski definition) is 0. The van der Waals surface area contributed by atoms with E-state index in [1.807, 2.05) is 6.08 Å². The summed E-state index contributed by atoms with van der Waals surface area (Å²) < 4.78 is 0. The van der Waals surface area contributed by atoms with Crippen molar-refractivity contribution < 1.29 is 0 Å². The van der Waals surface area contributed by atoms with E-state index in [1.54, 1.807) is 0 Å². The van der Waals surface area contributed by atoms with Gasteiger partial charge in [-0.2, -0.15) is 0 Å². The van der Waals surface area contributed by atoms with Gasteiger partial charge in [-0.15, -0.1) is 6.58 Å². The van der Waals surface area contributed by atoms with Crippen molar-refractivity contribution in [1.29, 1.82) is 0 Å². The molecular formula is C14H26. The van der Waals surface area contributed by atoms with Crippen molar-refractivity contribution in [1.82, 2.24) is 0 Å². The Hall–Kier alpha value is -0.520. The fourth-order valence-corrected chi connectivity index (χ4v) is 1.48. The summed E-state index contributed by atoms with van der Waals surface area (Å²) in [5, 5.41) is 0. The molecule has 0 radical (unpaired) electrons. The Labute approximate surface area is 90.1 Å². The van der Waals surface area contributed by atoms with E-state index in [-0.39, 0.29) is 0 Å². The summed E-state index contributed by atoms with van der Waals surface area (Å²) in [5.41, 5.74) is 0. The largest absolute Gasteiger partial charge is 0.103 e. The van der Waals surface area contributed by atoms with E-state index in [1.165, 1.54) is 57.8 Å². The number of rotatable bonds is 10. The van der Waals surface area contributed by atoms with Crippen molar-refractivity contribution in [2.45, 2.75) is 64.7 Å². The maximum atomic E-state index is 3.72. The number of unbranched alkanes of at least 4 members (excludes halogenated alkanes) is 7. The first-order valence-electron chi connectivity index (χ1n) is 6.17. The van der Waals surface area contributed by atoms with Crippen molar-refractivity contribution >= 4 is 0 Å². The zero-order valence-electron chi connectivity index (χ0n) is 9.80. The van der Waals surface area contributed by atoms with Crippen LogP contribution in [0.1, 0.15) is 64.7 Å². The summed E-state index contributed by atoms with van der Waals surface area (Å²) in [6, 6.07) is 0. The van der Waals surface area contributed by atoms with Gasteiger partial charge in [0.15, 0.2) is 0 Å². The quantitative estimate of drug-likeness (QED) is 0.329. The first kappa shape index (κ1) is 13.5. The van der Waals surface area contributed by atoms with Crippen LogP contribution in [0.15, 0.2) is 24.8 Å². The SMILES string of the molecule is C=CCCCCC/C=C\CCCCC. The standard InChI is InChI=1S/C14H26/c1-3-5-7-9-11-13-14-12-10-8-6-4-2/h3,12,14H,1,4-11,13H2,2H3/b14-12-. The number of allylic oxidation sites excluding steroid dienone is 3. The lowest BCUT2D eigenvalue weighted by Crippen LogP contribution is -1.75. The molecule has 0 amide bonds. The third kappa shape index (κ3) is 11.5. The van der Waals surface area contributed by atoms with Gasteiger partial charge in [-0.25, -0.2) is 0 Å². The summed E-state index contributed by atoms with van der Waals surface area (Å²) in [4.78, 5) is 0. The molecule has 0 fully saturated rings. The van der Waals surface area contributed by atoms with Crippen LogP contribution in [0.25, 0.3) is 0 Å². The highest BCUT2D eigenvalue weighted by Crippen LogP contribution is 2.05. The lowest BCUT2D eigenvalue weighted by molar-refractivity contribution is 0.692. The van der Waals surface area contributed by atoms with Gasteiger partial charge in [-0.3, -0.25) is 0 Å². The Bertz CT molecular complexity index is 133. The van der Waals surface area contributed by atoms with Crippen LogP contribution in [0.3, 0.4) is 0 Å². The van der Waals surface area contributed by atoms with Gasteiger partial charge in [0.2, 0.25) is 0 Å². The van der Waals surface area contributed by atoms with Crippen molar-refractivity contribution in [3.05, 3.63) is 24.8 Å². The van der Waals surface area contributed by atoms with Gasteiger partial charge in [0.25, 0.3) is 0 Å². The van der Waals surface area contributed by atoms with E-state index in [9.17, 15) is 0 Å². The van der Waals surface area contributed by atoms with Crippen molar-refractivity contribution in [3.8, 4) is 0 Å². The Morgan fingerprint density at radius 3 is 1.93 bits per heavy atom. The summed E-state index contributed by atoms with van der Waals surface area (Å²) in [5.74, 6) is 0. The number of hydrogen-bond donors (Lipinski definition) is 0. The van der Waals surface area contributed by atoms with Crippen LogP contribution in [-0.4, -0.2) is 0 Å². The van der Waals surface area contributed by atoms with E-state index in [2.05, 4.69) is 25.7 Å². The predicted molar refractivity (Wildman–Crippen MR) is 66.6 cm³/mol. The predicted octanol–water partition coefficient (Wildman–Crippen LogP) is 5.26. The lowest BCUT2D eigenvalue weighted by atomic mass is 10.1. The van der Waals surface area contributed by atoms with Gasteiger partial charge < -0.3 is 0 Å². The molecule has 0 aromatic rings. The van der Waals surface area contributed by atoms with Gasteiger partial charge in [-0.05, 0) is 38.5 Å². The summed E-state index contributed by atoms with van der Waals surface area (Å²) >= 11 is 0. The van der Waals surface area contributed by atoms with Gasteiger partial charge in [0.05, 0.1) is 0 Å². The van der Waals surface area contributed by atoms with E-state index in [0.29, 0.717) is 0 Å². The van der Waals surface area contributed by atoms with Gasteiger partial charge in [0.1, 0.15) is 0 Å². The molecule has 82 valence electrons. The fraction of sp³-hybridized carbons (Fsp3) is 0.714. The molecule has 0 atom stereocenters. The summed E-state index contributed by atoms with van der Waals surface area (Å²) in [6.45, 7) is 5.98. The van der Waals surface area contributed by atoms with Crippen molar-refractivity contribution in [3.63, 3.8) is 0 Å². The molecule has 0 saturated carbocycles. The normalized spacial score (nSPS) is 10.9. The highest BCUT2D eigenvalue weighted by atomic mass is 13.9. The molecule has 14 heavy (non-hydrogen) atoms. The average Bonchev–Trinajstić information content (AvgIpc) is 2.21. The van der Waals surface area contributed by atoms with Crippen LogP contribution < -0.4 is 0 Å². The van der Waals surface area contributed by atoms with E-state index < -0.39 is 0 Å². The molecule has 0 nitrogen and oxygen atoms in total. The van der Waals surface area contributed by atoms with E-state index >= 15 is 0 Å². The highest BCUT2D eigenvalue weighted by Gasteiger charge is 1.85. The maximum Gasteiger partial charge on any atom is -0.0351 e. The second-order valence-corrected chi connectivity index (χ2v) is 3.89. The topological polar surface area (TPSA) is 0 Å². The molecule has 0 heterocycles. The Balaban J connectivity index is 2.99. The van der Waals surface area contributed by atoms with E-state index in [4.69, 9.17) is 0 Å². The molecule has 0 rings (SSSR count). The van der Waals surface area contributed by atoms with Crippen LogP contribution >= 0.6 is 0 Å². The smallest absolute Gasteiger partial charge is 0.0351 e. The van der Waals surface area contributed by atoms with Crippen LogP contribution in [0.4, 0.5) is 0 Å². The van der Waals surface area contributed by atoms with Gasteiger partial charge in [0, 0.05) is 0 Å². The minimum absolute atomic E-state index is 1.18. The minimum atomic E-state index is 1.18. The molecule has 0 unspecified atom stereocenters. The molecule has 0 aromatic carbocycles. The molecule has 0 aliphatic heterocycles. The molecule has 0 saturated heterocycles. The third-order valence-electron chi connectivity index (χ3n) is 2.42. The summed E-state index contributed by atoms with van der Waals surface area (Å²) in [6.07, 6.45) is 18.5. The van der Waals surface area contributed by atoms with Gasteiger partial charge >= 0.3 is 0 Å². The molecule has 0 heteroatoms. The zero-order valence-corrected chi connectivity index (χ0v) is 9.80. The van der Waals surface area contributed by atoms with Crippen molar-refractivity contribution in [2.24, 2.45) is 0 Å². The first-order chi connectivity index (χ1) is 6.91. The minimum Gasteiger partial charge on any atom is -0.103 e. The van der Waals surface area contributed by atoms with E-state index in [0.717, 1.165) is 0 Å². The monoisotopic (exact) mass is 194 g/mol. The highest BCUT2D eigenvalue weighted by molar-refractivity contribution is 4.81. The zero-order chi connectivity index (χ0) is 10.5. The first-order valence-corrected chi connectivity index (χ1v) is 6.17. The second-order valence-electron chi connectivity index (χ2n) is 3.89. The molecule has 0 aliphatic rings. The van der Waals surface area contributed by atoms with Crippen LogP contribution in [0.2, 0.25) is 0 Å². The second kappa shape index (κ2) is 12.5. The summed E-state index contributed by atoms with van der Waals surface area (Å²) in [7, 11) is 0. The molecule has 0 N–H and O–H groups in total. The van der Waals surface area contributed by atoms with Crippen LogP contribution in [0, 0.1) is 0 Å². The fourth-order valence-electron chi connectivity index (χ4n) is 1.48. The Kier molecular flexibility index (Phi) is 12.0. The Morgan fingerprint density at radius 1 is 0.786 bits per heavy atom. The average molecular weight is 194 g/mol.